The van der Waals surface area contributed by atoms with Gasteiger partial charge in [0.2, 0.25) is 0 Å². The second-order valence-electron chi connectivity index (χ2n) is 4.13. The average Bonchev–Trinajstić information content (AvgIpc) is 2.45. The fourth-order valence-electron chi connectivity index (χ4n) is 1.63. The van der Waals surface area contributed by atoms with Crippen molar-refractivity contribution < 1.29 is 26.0 Å². The number of nitrogens with zero attached hydrogens (tertiary/aromatic N) is 1. The molecular formula is C15H15Cl2NOZr. The van der Waals surface area contributed by atoms with Gasteiger partial charge < -0.3 is 5.11 Å². The van der Waals surface area contributed by atoms with Gasteiger partial charge in [-0.05, 0) is 37.1 Å². The van der Waals surface area contributed by atoms with Gasteiger partial charge in [-0.1, -0.05) is 30.3 Å². The third kappa shape index (κ3) is 5.40. The SMILES string of the molecule is Cc1ccc(C)c(C=Nc2ccccc2)c1O.[Cl][Zr][Cl]. The number of phenols is 1. The molecule has 0 fully saturated rings. The number of hydrogen-bond donors (Lipinski definition) is 1. The molecule has 0 aliphatic heterocycles. The van der Waals surface area contributed by atoms with Gasteiger partial charge in [0.15, 0.2) is 0 Å². The number of benzene rings is 2. The van der Waals surface area contributed by atoms with E-state index >= 15 is 0 Å². The Hall–Kier alpha value is -0.627. The number of aliphatic imine (C=N–C) groups is 1. The Morgan fingerprint density at radius 3 is 2.15 bits per heavy atom. The predicted molar refractivity (Wildman–Crippen MR) is 83.0 cm³/mol. The van der Waals surface area contributed by atoms with Crippen LogP contribution in [0.25, 0.3) is 0 Å². The van der Waals surface area contributed by atoms with Crippen molar-refractivity contribution in [2.45, 2.75) is 13.8 Å². The van der Waals surface area contributed by atoms with Gasteiger partial charge in [0.1, 0.15) is 5.75 Å². The van der Waals surface area contributed by atoms with E-state index in [0.717, 1.165) is 22.4 Å². The number of para-hydroxylation sites is 1. The molecule has 1 N–H and O–H groups in total. The van der Waals surface area contributed by atoms with Crippen LogP contribution in [0.4, 0.5) is 5.69 Å². The van der Waals surface area contributed by atoms with Gasteiger partial charge in [-0.15, -0.1) is 0 Å². The molecule has 0 aliphatic rings. The van der Waals surface area contributed by atoms with Gasteiger partial charge >= 0.3 is 37.9 Å². The van der Waals surface area contributed by atoms with Crippen LogP contribution < -0.4 is 0 Å². The van der Waals surface area contributed by atoms with Gasteiger partial charge in [0.25, 0.3) is 0 Å². The van der Waals surface area contributed by atoms with Crippen molar-refractivity contribution >= 4 is 28.9 Å². The Morgan fingerprint density at radius 2 is 1.55 bits per heavy atom. The van der Waals surface area contributed by atoms with Crippen LogP contribution >= 0.6 is 17.0 Å². The molecule has 0 aromatic heterocycles. The maximum atomic E-state index is 9.97. The molecule has 0 bridgehead atoms. The minimum absolute atomic E-state index is 0.310. The molecule has 0 saturated heterocycles. The van der Waals surface area contributed by atoms with E-state index in [2.05, 4.69) is 4.99 Å². The monoisotopic (exact) mass is 385 g/mol. The quantitative estimate of drug-likeness (QED) is 0.712. The standard InChI is InChI=1S/C15H15NO.2ClH.Zr/c1-11-8-9-12(2)15(17)14(11)10-16-13-6-4-3-5-7-13;;;/h3-10,17H,1-2H3;2*1H;/q;;;+2/p-2. The second-order valence-corrected chi connectivity index (χ2v) is 7.86. The number of hydrogen-bond acceptors (Lipinski definition) is 2. The molecule has 2 aromatic rings. The van der Waals surface area contributed by atoms with Gasteiger partial charge in [0, 0.05) is 11.8 Å². The van der Waals surface area contributed by atoms with E-state index in [1.165, 1.54) is 0 Å². The molecule has 0 atom stereocenters. The number of halogens is 2. The fourth-order valence-corrected chi connectivity index (χ4v) is 1.63. The predicted octanol–water partition coefficient (Wildman–Crippen LogP) is 5.14. The molecule has 0 spiro atoms. The second kappa shape index (κ2) is 9.34. The number of rotatable bonds is 2. The minimum atomic E-state index is -0.826. The van der Waals surface area contributed by atoms with E-state index in [0.29, 0.717) is 5.75 Å². The summed E-state index contributed by atoms with van der Waals surface area (Å²) in [5, 5.41) is 9.97. The Labute approximate surface area is 138 Å². The van der Waals surface area contributed by atoms with Crippen molar-refractivity contribution in [1.82, 2.24) is 0 Å². The van der Waals surface area contributed by atoms with Crippen molar-refractivity contribution in [3.63, 3.8) is 0 Å². The number of phenolic OH excluding ortho intramolecular Hbond substituents is 1. The molecule has 0 radical (unpaired) electrons. The van der Waals surface area contributed by atoms with E-state index in [1.54, 1.807) is 6.21 Å². The molecule has 0 amide bonds. The molecule has 5 heteroatoms. The zero-order valence-electron chi connectivity index (χ0n) is 11.3. The van der Waals surface area contributed by atoms with Crippen LogP contribution in [-0.2, 0) is 20.8 Å². The molecule has 2 nitrogen and oxygen atoms in total. The van der Waals surface area contributed by atoms with Crippen LogP contribution in [-0.4, -0.2) is 11.3 Å². The van der Waals surface area contributed by atoms with Crippen molar-refractivity contribution in [2.75, 3.05) is 0 Å². The summed E-state index contributed by atoms with van der Waals surface area (Å²) in [6.45, 7) is 3.85. The first kappa shape index (κ1) is 17.4. The Morgan fingerprint density at radius 1 is 1.00 bits per heavy atom. The van der Waals surface area contributed by atoms with Crippen molar-refractivity contribution in [2.24, 2.45) is 4.99 Å². The van der Waals surface area contributed by atoms with Crippen molar-refractivity contribution in [3.8, 4) is 5.75 Å². The Kier molecular flexibility index (Phi) is 8.13. The van der Waals surface area contributed by atoms with Gasteiger partial charge in [-0.3, -0.25) is 4.99 Å². The van der Waals surface area contributed by atoms with Crippen molar-refractivity contribution in [1.29, 1.82) is 0 Å². The summed E-state index contributed by atoms with van der Waals surface area (Å²) >= 11 is -0.826. The van der Waals surface area contributed by atoms with E-state index < -0.39 is 20.8 Å². The van der Waals surface area contributed by atoms with Gasteiger partial charge in [-0.2, -0.15) is 0 Å². The summed E-state index contributed by atoms with van der Waals surface area (Å²) in [7, 11) is 9.87. The topological polar surface area (TPSA) is 32.6 Å². The molecule has 2 aromatic carbocycles. The number of aromatic hydroxyl groups is 1. The first-order valence-corrected chi connectivity index (χ1v) is 12.3. The van der Waals surface area contributed by atoms with E-state index in [1.807, 2.05) is 56.3 Å². The molecule has 2 rings (SSSR count). The van der Waals surface area contributed by atoms with Gasteiger partial charge in [0.05, 0.1) is 5.69 Å². The van der Waals surface area contributed by atoms with Crippen LogP contribution in [0.5, 0.6) is 5.75 Å². The van der Waals surface area contributed by atoms with E-state index in [4.69, 9.17) is 17.0 Å². The summed E-state index contributed by atoms with van der Waals surface area (Å²) in [5.74, 6) is 0.310. The molecule has 104 valence electrons. The fraction of sp³-hybridized carbons (Fsp3) is 0.133. The molecule has 0 aliphatic carbocycles. The third-order valence-electron chi connectivity index (χ3n) is 2.74. The number of aryl methyl sites for hydroxylation is 2. The van der Waals surface area contributed by atoms with Gasteiger partial charge in [-0.25, -0.2) is 0 Å². The normalized spacial score (nSPS) is 10.0. The van der Waals surface area contributed by atoms with Crippen LogP contribution in [0.15, 0.2) is 47.5 Å². The maximum absolute atomic E-state index is 9.97. The average molecular weight is 387 g/mol. The van der Waals surface area contributed by atoms with E-state index in [9.17, 15) is 5.11 Å². The van der Waals surface area contributed by atoms with Crippen LogP contribution in [0, 0.1) is 13.8 Å². The van der Waals surface area contributed by atoms with Crippen LogP contribution in [0.3, 0.4) is 0 Å². The summed E-state index contributed by atoms with van der Waals surface area (Å²) < 4.78 is 0. The zero-order valence-corrected chi connectivity index (χ0v) is 15.2. The first-order valence-electron chi connectivity index (χ1n) is 5.94. The van der Waals surface area contributed by atoms with E-state index in [-0.39, 0.29) is 0 Å². The summed E-state index contributed by atoms with van der Waals surface area (Å²) in [6, 6.07) is 13.6. The summed E-state index contributed by atoms with van der Waals surface area (Å²) in [6.07, 6.45) is 1.72. The van der Waals surface area contributed by atoms with Crippen molar-refractivity contribution in [3.05, 3.63) is 59.2 Å². The summed E-state index contributed by atoms with van der Waals surface area (Å²) in [5.41, 5.74) is 3.56. The molecule has 0 unspecified atom stereocenters. The molecular weight excluding hydrogens is 372 g/mol. The zero-order chi connectivity index (χ0) is 15.0. The Bertz CT molecular complexity index is 574. The summed E-state index contributed by atoms with van der Waals surface area (Å²) in [4.78, 5) is 4.35. The molecule has 0 heterocycles. The molecule has 20 heavy (non-hydrogen) atoms. The van der Waals surface area contributed by atoms with Crippen LogP contribution in [0.2, 0.25) is 0 Å². The van der Waals surface area contributed by atoms with Crippen LogP contribution in [0.1, 0.15) is 16.7 Å². The third-order valence-corrected chi connectivity index (χ3v) is 2.74. The Balaban J connectivity index is 0.000000612. The molecule has 0 saturated carbocycles. The first-order chi connectivity index (χ1) is 9.60.